The van der Waals surface area contributed by atoms with Crippen LogP contribution in [-0.4, -0.2) is 65.4 Å². The van der Waals surface area contributed by atoms with Crippen molar-refractivity contribution in [3.8, 4) is 22.9 Å². The molecule has 1 amide bonds. The van der Waals surface area contributed by atoms with E-state index >= 15 is 0 Å². The lowest BCUT2D eigenvalue weighted by Crippen LogP contribution is -2.42. The normalized spacial score (nSPS) is 16.6. The zero-order valence-corrected chi connectivity index (χ0v) is 17.8. The number of nitrogens with one attached hydrogen (secondary N) is 3. The molecule has 4 aromatic rings. The van der Waals surface area contributed by atoms with Gasteiger partial charge in [-0.05, 0) is 42.5 Å². The quantitative estimate of drug-likeness (QED) is 0.433. The molecule has 5 rings (SSSR count). The zero-order chi connectivity index (χ0) is 22.1. The Kier molecular flexibility index (Phi) is 5.20. The van der Waals surface area contributed by atoms with Crippen molar-refractivity contribution in [2.75, 3.05) is 39.2 Å². The molecule has 10 heteroatoms. The third kappa shape index (κ3) is 3.65. The fourth-order valence-corrected chi connectivity index (χ4v) is 3.68. The third-order valence-electron chi connectivity index (χ3n) is 5.40. The summed E-state index contributed by atoms with van der Waals surface area (Å²) in [5.41, 5.74) is 2.17. The van der Waals surface area contributed by atoms with Gasteiger partial charge in [-0.2, -0.15) is 4.52 Å². The molecule has 2 aromatic carbocycles. The van der Waals surface area contributed by atoms with E-state index in [-0.39, 0.29) is 5.91 Å². The van der Waals surface area contributed by atoms with E-state index in [1.54, 1.807) is 18.7 Å². The molecule has 10 nitrogen and oxygen atoms in total. The van der Waals surface area contributed by atoms with Crippen LogP contribution < -0.4 is 25.4 Å². The van der Waals surface area contributed by atoms with Crippen LogP contribution in [0.5, 0.6) is 11.5 Å². The average Bonchev–Trinajstić information content (AvgIpc) is 3.19. The molecule has 3 N–H and O–H groups in total. The van der Waals surface area contributed by atoms with Gasteiger partial charge in [-0.25, -0.2) is 9.97 Å². The summed E-state index contributed by atoms with van der Waals surface area (Å²) >= 11 is 0. The van der Waals surface area contributed by atoms with Crippen molar-refractivity contribution >= 4 is 28.4 Å². The van der Waals surface area contributed by atoms with Crippen molar-refractivity contribution in [1.82, 2.24) is 30.2 Å². The lowest BCUT2D eigenvalue weighted by Gasteiger charge is -2.16. The molecule has 0 saturated carbocycles. The fourth-order valence-electron chi connectivity index (χ4n) is 3.68. The first-order valence-electron chi connectivity index (χ1n) is 10.3. The highest BCUT2D eigenvalue weighted by Gasteiger charge is 2.23. The summed E-state index contributed by atoms with van der Waals surface area (Å²) in [5, 5.41) is 14.9. The van der Waals surface area contributed by atoms with Crippen molar-refractivity contribution in [2.45, 2.75) is 6.04 Å². The second kappa shape index (κ2) is 8.31. The number of amides is 1. The van der Waals surface area contributed by atoms with E-state index in [0.717, 1.165) is 28.8 Å². The topological polar surface area (TPSA) is 115 Å². The highest BCUT2D eigenvalue weighted by atomic mass is 16.5. The van der Waals surface area contributed by atoms with Crippen molar-refractivity contribution in [3.63, 3.8) is 0 Å². The minimum absolute atomic E-state index is 0.0877. The molecule has 0 spiro atoms. The Bertz CT molecular complexity index is 1290. The predicted molar refractivity (Wildman–Crippen MR) is 120 cm³/mol. The molecule has 1 atom stereocenters. The Morgan fingerprint density at radius 1 is 1.03 bits per heavy atom. The summed E-state index contributed by atoms with van der Waals surface area (Å²) in [6.45, 7) is 1.78. The summed E-state index contributed by atoms with van der Waals surface area (Å²) in [6.07, 6.45) is 0. The molecule has 0 unspecified atom stereocenters. The summed E-state index contributed by atoms with van der Waals surface area (Å²) in [7, 11) is 3.24. The molecule has 2 aromatic heterocycles. The van der Waals surface area contributed by atoms with Crippen LogP contribution in [-0.2, 0) is 4.79 Å². The maximum atomic E-state index is 12.5. The first-order chi connectivity index (χ1) is 15.7. The Morgan fingerprint density at radius 3 is 2.59 bits per heavy atom. The van der Waals surface area contributed by atoms with E-state index in [1.165, 1.54) is 0 Å². The van der Waals surface area contributed by atoms with E-state index in [0.29, 0.717) is 36.3 Å². The molecule has 3 heterocycles. The molecule has 1 aliphatic heterocycles. The number of methoxy groups -OCH3 is 2. The van der Waals surface area contributed by atoms with Crippen molar-refractivity contribution in [2.24, 2.45) is 0 Å². The van der Waals surface area contributed by atoms with Gasteiger partial charge in [0.05, 0.1) is 19.7 Å². The number of ether oxygens (including phenoxy) is 2. The highest BCUT2D eigenvalue weighted by Crippen LogP contribution is 2.28. The second-order valence-electron chi connectivity index (χ2n) is 7.41. The van der Waals surface area contributed by atoms with Crippen LogP contribution in [0.15, 0.2) is 42.5 Å². The van der Waals surface area contributed by atoms with Gasteiger partial charge in [-0.1, -0.05) is 0 Å². The van der Waals surface area contributed by atoms with E-state index in [1.807, 2.05) is 42.5 Å². The maximum absolute atomic E-state index is 12.5. The maximum Gasteiger partial charge on any atom is 0.243 e. The molecule has 0 aliphatic carbocycles. The van der Waals surface area contributed by atoms with Gasteiger partial charge in [0.25, 0.3) is 0 Å². The lowest BCUT2D eigenvalue weighted by molar-refractivity contribution is -0.121. The van der Waals surface area contributed by atoms with Crippen molar-refractivity contribution < 1.29 is 14.3 Å². The Morgan fingerprint density at radius 2 is 1.81 bits per heavy atom. The van der Waals surface area contributed by atoms with Crippen LogP contribution in [0, 0.1) is 0 Å². The van der Waals surface area contributed by atoms with E-state index in [4.69, 9.17) is 24.5 Å². The highest BCUT2D eigenvalue weighted by molar-refractivity contribution is 5.94. The van der Waals surface area contributed by atoms with Crippen molar-refractivity contribution in [3.05, 3.63) is 42.5 Å². The van der Waals surface area contributed by atoms with Gasteiger partial charge >= 0.3 is 0 Å². The summed E-state index contributed by atoms with van der Waals surface area (Å²) in [6, 6.07) is 12.6. The Balaban J connectivity index is 1.65. The van der Waals surface area contributed by atoms with Gasteiger partial charge in [-0.3, -0.25) is 4.79 Å². The fraction of sp³-hybridized carbons (Fsp3) is 0.273. The number of fused-ring (bicyclic) bond motifs is 3. The first kappa shape index (κ1) is 20.0. The van der Waals surface area contributed by atoms with E-state index < -0.39 is 6.04 Å². The molecule has 1 aliphatic rings. The molecular weight excluding hydrogens is 410 g/mol. The largest absolute Gasteiger partial charge is 0.497 e. The van der Waals surface area contributed by atoms with E-state index in [2.05, 4.69) is 16.0 Å². The number of aromatic nitrogens is 4. The van der Waals surface area contributed by atoms with Gasteiger partial charge in [0, 0.05) is 30.6 Å². The van der Waals surface area contributed by atoms with Gasteiger partial charge in [0.2, 0.25) is 11.9 Å². The molecule has 1 fully saturated rings. The number of hydrogen-bond acceptors (Lipinski definition) is 8. The number of anilines is 1. The zero-order valence-electron chi connectivity index (χ0n) is 17.8. The van der Waals surface area contributed by atoms with Crippen LogP contribution in [0.1, 0.15) is 0 Å². The molecule has 164 valence electrons. The molecule has 0 radical (unpaired) electrons. The molecular formula is C22H23N7O3. The minimum Gasteiger partial charge on any atom is -0.497 e. The number of hydrogen-bond donors (Lipinski definition) is 3. The standard InChI is InChI=1S/C22H23N7O3/c1-31-14-5-3-13(4-6-14)19-27-20-16-11-15(32-2)7-8-17(16)25-22(29(20)28-19)26-18-12-23-9-10-24-21(18)30/h3-8,11,18,23H,9-10,12H2,1-2H3,(H,24,30)(H,25,26)/t18-/m1/s1. The van der Waals surface area contributed by atoms with Gasteiger partial charge < -0.3 is 25.4 Å². The summed E-state index contributed by atoms with van der Waals surface area (Å²) in [5.74, 6) is 2.34. The van der Waals surface area contributed by atoms with Gasteiger partial charge in [0.1, 0.15) is 17.5 Å². The van der Waals surface area contributed by atoms with Gasteiger partial charge in [-0.15, -0.1) is 5.10 Å². The molecule has 0 bridgehead atoms. The van der Waals surface area contributed by atoms with Crippen LogP contribution in [0.25, 0.3) is 27.9 Å². The second-order valence-corrected chi connectivity index (χ2v) is 7.41. The summed E-state index contributed by atoms with van der Waals surface area (Å²) < 4.78 is 12.3. The SMILES string of the molecule is COc1ccc(-c2nc3c4cc(OC)ccc4nc(N[C@@H]4CNCCNC4=O)n3n2)cc1. The number of benzene rings is 2. The Hall–Kier alpha value is -3.92. The number of nitrogens with zero attached hydrogens (tertiary/aromatic N) is 4. The average molecular weight is 433 g/mol. The molecule has 32 heavy (non-hydrogen) atoms. The monoisotopic (exact) mass is 433 g/mol. The lowest BCUT2D eigenvalue weighted by atomic mass is 10.2. The van der Waals surface area contributed by atoms with E-state index in [9.17, 15) is 4.79 Å². The molecule has 1 saturated heterocycles. The first-order valence-corrected chi connectivity index (χ1v) is 10.3. The van der Waals surface area contributed by atoms with Crippen LogP contribution in [0.4, 0.5) is 5.95 Å². The predicted octanol–water partition coefficient (Wildman–Crippen LogP) is 1.46. The minimum atomic E-state index is -0.488. The number of rotatable bonds is 5. The third-order valence-corrected chi connectivity index (χ3v) is 5.40. The number of carbonyl (C=O) groups excluding carboxylic acids is 1. The van der Waals surface area contributed by atoms with Gasteiger partial charge in [0.15, 0.2) is 11.5 Å². The van der Waals surface area contributed by atoms with Crippen molar-refractivity contribution in [1.29, 1.82) is 0 Å². The van der Waals surface area contributed by atoms with Crippen LogP contribution in [0.3, 0.4) is 0 Å². The van der Waals surface area contributed by atoms with Crippen LogP contribution in [0.2, 0.25) is 0 Å². The number of carbonyl (C=O) groups is 1. The summed E-state index contributed by atoms with van der Waals surface area (Å²) in [4.78, 5) is 22.0. The van der Waals surface area contributed by atoms with Crippen LogP contribution >= 0.6 is 0 Å². The Labute approximate surface area is 184 Å². The smallest absolute Gasteiger partial charge is 0.243 e.